The lowest BCUT2D eigenvalue weighted by Crippen LogP contribution is -2.38. The number of thioether (sulfide) groups is 1. The van der Waals surface area contributed by atoms with E-state index in [4.69, 9.17) is 0 Å². The summed E-state index contributed by atoms with van der Waals surface area (Å²) in [6.07, 6.45) is 1.29. The Morgan fingerprint density at radius 3 is 2.35 bits per heavy atom. The summed E-state index contributed by atoms with van der Waals surface area (Å²) in [6.45, 7) is 8.68. The maximum Gasteiger partial charge on any atom is 0.573 e. The van der Waals surface area contributed by atoms with Gasteiger partial charge in [0, 0.05) is 25.6 Å². The molecule has 258 valence electrons. The molecule has 0 atom stereocenters. The molecular weight excluding hydrogens is 653 g/mol. The predicted molar refractivity (Wildman–Crippen MR) is 186 cm³/mol. The molecule has 49 heavy (non-hydrogen) atoms. The third-order valence-electron chi connectivity index (χ3n) is 8.08. The summed E-state index contributed by atoms with van der Waals surface area (Å²) in [5.41, 5.74) is 5.06. The van der Waals surface area contributed by atoms with Crippen LogP contribution in [0.3, 0.4) is 0 Å². The quantitative estimate of drug-likeness (QED) is 0.122. The molecule has 1 fully saturated rings. The third kappa shape index (κ3) is 9.50. The molecule has 0 radical (unpaired) electrons. The van der Waals surface area contributed by atoms with Crippen LogP contribution in [0.25, 0.3) is 17.1 Å². The lowest BCUT2D eigenvalue weighted by molar-refractivity contribution is -0.274. The first-order valence-electron chi connectivity index (χ1n) is 16.0. The lowest BCUT2D eigenvalue weighted by Gasteiger charge is -2.27. The number of alkyl halides is 3. The lowest BCUT2D eigenvalue weighted by atomic mass is 9.99. The summed E-state index contributed by atoms with van der Waals surface area (Å²) in [5, 5.41) is 4.81. The van der Waals surface area contributed by atoms with Gasteiger partial charge in [-0.25, -0.2) is 14.5 Å². The van der Waals surface area contributed by atoms with Crippen LogP contribution in [-0.4, -0.2) is 62.5 Å². The van der Waals surface area contributed by atoms with Gasteiger partial charge in [0.05, 0.1) is 11.4 Å². The highest BCUT2D eigenvalue weighted by molar-refractivity contribution is 8.13. The van der Waals surface area contributed by atoms with Crippen molar-refractivity contribution in [3.8, 4) is 22.8 Å². The number of halogens is 3. The van der Waals surface area contributed by atoms with Crippen molar-refractivity contribution >= 4 is 34.6 Å². The number of aryl methyl sites for hydroxylation is 1. The predicted octanol–water partition coefficient (Wildman–Crippen LogP) is 8.41. The zero-order valence-electron chi connectivity index (χ0n) is 28.1. The molecule has 0 aliphatic heterocycles. The number of amides is 3. The van der Waals surface area contributed by atoms with Gasteiger partial charge in [-0.1, -0.05) is 62.0 Å². The Labute approximate surface area is 288 Å². The topological polar surface area (TPSA) is 92.9 Å². The van der Waals surface area contributed by atoms with Gasteiger partial charge < -0.3 is 9.64 Å². The number of urea groups is 1. The number of nitrogens with zero attached hydrogens (tertiary/aromatic N) is 6. The van der Waals surface area contributed by atoms with Gasteiger partial charge >= 0.3 is 12.4 Å². The average molecular weight is 693 g/mol. The molecule has 1 aromatic heterocycles. The molecule has 9 nitrogen and oxygen atoms in total. The number of hydrogen-bond donors (Lipinski definition) is 0. The minimum atomic E-state index is -4.76. The molecule has 4 aromatic rings. The molecule has 0 unspecified atom stereocenters. The van der Waals surface area contributed by atoms with Crippen LogP contribution in [0.1, 0.15) is 56.2 Å². The largest absolute Gasteiger partial charge is 0.573 e. The highest BCUT2D eigenvalue weighted by atomic mass is 32.2. The number of carbonyl (C=O) groups is 2. The zero-order chi connectivity index (χ0) is 35.3. The number of rotatable bonds is 10. The van der Waals surface area contributed by atoms with Crippen molar-refractivity contribution in [1.29, 1.82) is 0 Å². The van der Waals surface area contributed by atoms with Crippen molar-refractivity contribution in [3.63, 3.8) is 0 Å². The number of benzene rings is 3. The molecule has 13 heteroatoms. The maximum atomic E-state index is 13.7. The number of aromatic nitrogens is 3. The first kappa shape index (κ1) is 35.7. The van der Waals surface area contributed by atoms with Crippen molar-refractivity contribution in [2.24, 2.45) is 10.9 Å². The molecule has 0 N–H and O–H groups in total. The fraction of sp³-hybridized carbons (Fsp3) is 0.361. The van der Waals surface area contributed by atoms with Crippen LogP contribution in [0.5, 0.6) is 5.75 Å². The molecule has 0 spiro atoms. The fourth-order valence-electron chi connectivity index (χ4n) is 5.36. The molecule has 3 amide bonds. The summed E-state index contributed by atoms with van der Waals surface area (Å²) in [7, 11) is 0. The summed E-state index contributed by atoms with van der Waals surface area (Å²) >= 11 is 1.27. The molecular formula is C36H39F3N6O3S. The molecule has 5 rings (SSSR count). The second-order valence-corrected chi connectivity index (χ2v) is 13.1. The Morgan fingerprint density at radius 1 is 1.06 bits per heavy atom. The Bertz CT molecular complexity index is 1800. The molecule has 1 aliphatic rings. The van der Waals surface area contributed by atoms with Gasteiger partial charge in [0.25, 0.3) is 0 Å². The van der Waals surface area contributed by atoms with Crippen molar-refractivity contribution in [3.05, 3.63) is 89.7 Å². The molecule has 1 heterocycles. The Morgan fingerprint density at radius 2 is 1.76 bits per heavy atom. The summed E-state index contributed by atoms with van der Waals surface area (Å²) in [5.74, 6) is 0.539. The SMILES string of the molecule is CS/C(=N\C(=O)N(CCc1ccc(-c2ncn(-c3ccc(OC(F)(F)F)cc3)n2)cc1)CC1CC1)N(C(C)=O)c1cc(C)ccc1C(C)C. The highest BCUT2D eigenvalue weighted by Gasteiger charge is 2.31. The fourth-order valence-corrected chi connectivity index (χ4v) is 5.94. The van der Waals surface area contributed by atoms with Gasteiger partial charge in [0.1, 0.15) is 12.1 Å². The zero-order valence-corrected chi connectivity index (χ0v) is 28.9. The van der Waals surface area contributed by atoms with E-state index < -0.39 is 6.36 Å². The van der Waals surface area contributed by atoms with Crippen molar-refractivity contribution in [2.75, 3.05) is 24.2 Å². The van der Waals surface area contributed by atoms with Crippen molar-refractivity contribution in [1.82, 2.24) is 19.7 Å². The standard InChI is InChI=1S/C36H39F3N6O3S/c1-23(2)31-17-6-24(3)20-32(31)45(25(4)46)35(49-5)41-34(47)43(21-27-7-8-27)19-18-26-9-11-28(12-10-26)33-40-22-44(42-33)29-13-15-30(16-14-29)48-36(37,38)39/h6,9-17,20,22-23,27H,7-8,18-19,21H2,1-5H3/b41-35-. The van der Waals surface area contributed by atoms with Crippen LogP contribution in [0, 0.1) is 12.8 Å². The number of hydrogen-bond acceptors (Lipinski definition) is 6. The second kappa shape index (κ2) is 15.3. The molecule has 1 aliphatic carbocycles. The van der Waals surface area contributed by atoms with Crippen LogP contribution in [0.2, 0.25) is 0 Å². The van der Waals surface area contributed by atoms with E-state index in [9.17, 15) is 22.8 Å². The summed E-state index contributed by atoms with van der Waals surface area (Å²) in [6, 6.07) is 18.7. The van der Waals surface area contributed by atoms with E-state index in [2.05, 4.69) is 33.7 Å². The Hall–Kier alpha value is -4.65. The first-order chi connectivity index (χ1) is 23.3. The van der Waals surface area contributed by atoms with E-state index in [0.29, 0.717) is 42.1 Å². The van der Waals surface area contributed by atoms with Crippen molar-refractivity contribution < 1.29 is 27.5 Å². The maximum absolute atomic E-state index is 13.7. The van der Waals surface area contributed by atoms with Crippen molar-refractivity contribution in [2.45, 2.75) is 59.2 Å². The van der Waals surface area contributed by atoms with Crippen LogP contribution in [0.4, 0.5) is 23.7 Å². The third-order valence-corrected chi connectivity index (χ3v) is 8.72. The smallest absolute Gasteiger partial charge is 0.406 e. The summed E-state index contributed by atoms with van der Waals surface area (Å²) < 4.78 is 42.8. The van der Waals surface area contributed by atoms with E-state index in [1.54, 1.807) is 9.80 Å². The van der Waals surface area contributed by atoms with Gasteiger partial charge in [-0.2, -0.15) is 4.99 Å². The van der Waals surface area contributed by atoms with Gasteiger partial charge in [0.15, 0.2) is 11.0 Å². The minimum Gasteiger partial charge on any atom is -0.406 e. The van der Waals surface area contributed by atoms with E-state index in [1.165, 1.54) is 54.0 Å². The molecule has 3 aromatic carbocycles. The number of amidine groups is 1. The molecule has 0 bridgehead atoms. The average Bonchev–Trinajstić information content (AvgIpc) is 3.74. The normalized spacial score (nSPS) is 13.4. The van der Waals surface area contributed by atoms with E-state index >= 15 is 0 Å². The van der Waals surface area contributed by atoms with Crippen LogP contribution in [-0.2, 0) is 11.2 Å². The number of anilines is 1. The Balaban J connectivity index is 1.28. The van der Waals surface area contributed by atoms with Gasteiger partial charge in [0.2, 0.25) is 5.91 Å². The second-order valence-electron chi connectivity index (χ2n) is 12.3. The Kier molecular flexibility index (Phi) is 11.1. The van der Waals surface area contributed by atoms with Gasteiger partial charge in [-0.15, -0.1) is 18.3 Å². The minimum absolute atomic E-state index is 0.169. The van der Waals surface area contributed by atoms with Crippen LogP contribution >= 0.6 is 11.8 Å². The van der Waals surface area contributed by atoms with E-state index in [0.717, 1.165) is 40.8 Å². The number of aliphatic imine (C=N–C) groups is 1. The highest BCUT2D eigenvalue weighted by Crippen LogP contribution is 2.32. The van der Waals surface area contributed by atoms with E-state index in [-0.39, 0.29) is 23.6 Å². The summed E-state index contributed by atoms with van der Waals surface area (Å²) in [4.78, 5) is 38.9. The van der Waals surface area contributed by atoms with Gasteiger partial charge in [-0.05, 0) is 91.3 Å². The molecule has 1 saturated carbocycles. The number of ether oxygens (including phenoxy) is 1. The van der Waals surface area contributed by atoms with Crippen LogP contribution < -0.4 is 9.64 Å². The first-order valence-corrected chi connectivity index (χ1v) is 17.2. The van der Waals surface area contributed by atoms with Crippen LogP contribution in [0.15, 0.2) is 78.0 Å². The molecule has 0 saturated heterocycles. The number of carbonyl (C=O) groups excluding carboxylic acids is 2. The van der Waals surface area contributed by atoms with E-state index in [1.807, 2.05) is 55.6 Å². The van der Waals surface area contributed by atoms with Gasteiger partial charge in [-0.3, -0.25) is 9.69 Å². The monoisotopic (exact) mass is 692 g/mol.